The van der Waals surface area contributed by atoms with Crippen molar-refractivity contribution in [1.82, 2.24) is 5.32 Å². The number of ether oxygens (including phenoxy) is 1. The molecule has 0 spiro atoms. The highest BCUT2D eigenvalue weighted by atomic mass is 16.6. The van der Waals surface area contributed by atoms with E-state index < -0.39 is 22.8 Å². The van der Waals surface area contributed by atoms with Crippen LogP contribution in [-0.4, -0.2) is 28.6 Å². The number of dihydropyridines is 1. The maximum atomic E-state index is 12.8. The second kappa shape index (κ2) is 9.50. The van der Waals surface area contributed by atoms with E-state index in [1.807, 2.05) is 13.0 Å². The molecule has 1 aromatic carbocycles. The second-order valence-electron chi connectivity index (χ2n) is 6.25. The first kappa shape index (κ1) is 21.6. The molecule has 0 bridgehead atoms. The maximum Gasteiger partial charge on any atom is 0.336 e. The summed E-state index contributed by atoms with van der Waals surface area (Å²) in [5.41, 5.74) is 1.40. The minimum absolute atomic E-state index is 0.00853. The third-order valence-corrected chi connectivity index (χ3v) is 4.57. The highest BCUT2D eigenvalue weighted by Gasteiger charge is 2.38. The topological polar surface area (TPSA) is 143 Å². The van der Waals surface area contributed by atoms with Crippen LogP contribution in [0.4, 0.5) is 5.69 Å². The van der Waals surface area contributed by atoms with Gasteiger partial charge in [0.05, 0.1) is 34.5 Å². The molecule has 0 saturated heterocycles. The van der Waals surface area contributed by atoms with E-state index in [1.165, 1.54) is 24.3 Å². The molecule has 29 heavy (non-hydrogen) atoms. The lowest BCUT2D eigenvalue weighted by Crippen LogP contribution is -2.33. The molecule has 1 unspecified atom stereocenters. The largest absolute Gasteiger partial charge is 0.478 e. The summed E-state index contributed by atoms with van der Waals surface area (Å²) in [5.74, 6) is -2.87. The van der Waals surface area contributed by atoms with E-state index in [-0.39, 0.29) is 29.9 Å². The molecule has 1 atom stereocenters. The molecule has 0 radical (unpaired) electrons. The van der Waals surface area contributed by atoms with Crippen molar-refractivity contribution in [3.63, 3.8) is 0 Å². The van der Waals surface area contributed by atoms with Crippen LogP contribution in [0.25, 0.3) is 0 Å². The zero-order valence-corrected chi connectivity index (χ0v) is 16.1. The van der Waals surface area contributed by atoms with E-state index in [4.69, 9.17) is 10.00 Å². The molecule has 0 fully saturated rings. The fraction of sp³-hybridized carbons (Fsp3) is 0.350. The standard InChI is InChI=1S/C20H21N3O6/c1-3-14-17(19(24)25)16(12-6-8-13(9-7-12)23(27)28)18(15(4-2)22-14)20(26)29-11-5-10-21/h6-9,16,22H,3-5,11H2,1-2H3,(H,24,25). The van der Waals surface area contributed by atoms with Gasteiger partial charge in [0.25, 0.3) is 5.69 Å². The maximum absolute atomic E-state index is 12.8. The van der Waals surface area contributed by atoms with E-state index in [0.717, 1.165) is 0 Å². The number of carboxylic acid groups (broad SMARTS) is 1. The van der Waals surface area contributed by atoms with Gasteiger partial charge in [0.2, 0.25) is 0 Å². The Bertz CT molecular complexity index is 925. The van der Waals surface area contributed by atoms with Crippen molar-refractivity contribution in [3.8, 4) is 6.07 Å². The van der Waals surface area contributed by atoms with E-state index in [2.05, 4.69) is 5.32 Å². The lowest BCUT2D eigenvalue weighted by atomic mass is 9.79. The smallest absolute Gasteiger partial charge is 0.336 e. The van der Waals surface area contributed by atoms with Gasteiger partial charge in [-0.2, -0.15) is 5.26 Å². The number of hydrogen-bond donors (Lipinski definition) is 2. The Balaban J connectivity index is 2.63. The highest BCUT2D eigenvalue weighted by Crippen LogP contribution is 2.40. The molecule has 0 amide bonds. The van der Waals surface area contributed by atoms with E-state index in [9.17, 15) is 24.8 Å². The Kier molecular flexibility index (Phi) is 7.09. The molecule has 152 valence electrons. The van der Waals surface area contributed by atoms with Crippen molar-refractivity contribution >= 4 is 17.6 Å². The summed E-state index contributed by atoms with van der Waals surface area (Å²) < 4.78 is 5.18. The second-order valence-corrected chi connectivity index (χ2v) is 6.25. The Morgan fingerprint density at radius 3 is 2.28 bits per heavy atom. The van der Waals surface area contributed by atoms with E-state index >= 15 is 0 Å². The highest BCUT2D eigenvalue weighted by molar-refractivity contribution is 5.99. The number of nitro groups is 1. The van der Waals surface area contributed by atoms with Gasteiger partial charge in [0, 0.05) is 23.5 Å². The first-order chi connectivity index (χ1) is 13.8. The number of allylic oxidation sites excluding steroid dienone is 2. The lowest BCUT2D eigenvalue weighted by molar-refractivity contribution is -0.384. The predicted octanol–water partition coefficient (Wildman–Crippen LogP) is 3.15. The third-order valence-electron chi connectivity index (χ3n) is 4.57. The van der Waals surface area contributed by atoms with Crippen LogP contribution in [0.2, 0.25) is 0 Å². The molecule has 1 aromatic rings. The van der Waals surface area contributed by atoms with Crippen molar-refractivity contribution in [3.05, 3.63) is 62.5 Å². The Morgan fingerprint density at radius 1 is 1.21 bits per heavy atom. The Morgan fingerprint density at radius 2 is 1.79 bits per heavy atom. The van der Waals surface area contributed by atoms with Crippen molar-refractivity contribution in [2.24, 2.45) is 0 Å². The normalized spacial score (nSPS) is 16.1. The van der Waals surface area contributed by atoms with E-state index in [1.54, 1.807) is 6.92 Å². The first-order valence-electron chi connectivity index (χ1n) is 9.10. The van der Waals surface area contributed by atoms with Crippen molar-refractivity contribution in [1.29, 1.82) is 5.26 Å². The number of hydrogen-bond acceptors (Lipinski definition) is 7. The number of non-ortho nitro benzene ring substituents is 1. The third kappa shape index (κ3) is 4.60. The zero-order chi connectivity index (χ0) is 21.6. The quantitative estimate of drug-likeness (QED) is 0.294. The first-order valence-corrected chi connectivity index (χ1v) is 9.10. The van der Waals surface area contributed by atoms with Gasteiger partial charge in [-0.1, -0.05) is 26.0 Å². The van der Waals surface area contributed by atoms with Crippen LogP contribution in [0.3, 0.4) is 0 Å². The van der Waals surface area contributed by atoms with Gasteiger partial charge in [-0.15, -0.1) is 0 Å². The Labute approximate surface area is 167 Å². The molecule has 0 saturated carbocycles. The van der Waals surface area contributed by atoms with Gasteiger partial charge < -0.3 is 15.2 Å². The molecule has 2 rings (SSSR count). The van der Waals surface area contributed by atoms with Crippen LogP contribution >= 0.6 is 0 Å². The lowest BCUT2D eigenvalue weighted by Gasteiger charge is -2.31. The summed E-state index contributed by atoms with van der Waals surface area (Å²) in [4.78, 5) is 35.3. The molecule has 9 nitrogen and oxygen atoms in total. The minimum atomic E-state index is -1.20. The van der Waals surface area contributed by atoms with Crippen molar-refractivity contribution in [2.45, 2.75) is 39.0 Å². The number of carbonyl (C=O) groups is 2. The van der Waals surface area contributed by atoms with Gasteiger partial charge in [-0.25, -0.2) is 9.59 Å². The SMILES string of the molecule is CCC1=C(C(=O)O)C(c2ccc([N+](=O)[O-])cc2)C(C(=O)OCCC#N)=C(CC)N1. The number of benzene rings is 1. The average Bonchev–Trinajstić information content (AvgIpc) is 2.71. The number of aliphatic carboxylic acids is 1. The molecule has 1 heterocycles. The van der Waals surface area contributed by atoms with Crippen LogP contribution in [0.1, 0.15) is 44.6 Å². The summed E-state index contributed by atoms with van der Waals surface area (Å²) in [6.45, 7) is 3.49. The minimum Gasteiger partial charge on any atom is -0.478 e. The number of rotatable bonds is 8. The van der Waals surface area contributed by atoms with Crippen LogP contribution in [-0.2, 0) is 14.3 Å². The zero-order valence-electron chi connectivity index (χ0n) is 16.1. The summed E-state index contributed by atoms with van der Waals surface area (Å²) in [6.07, 6.45) is 0.825. The molecular formula is C20H21N3O6. The number of esters is 1. The monoisotopic (exact) mass is 399 g/mol. The number of nitro benzene ring substituents is 1. The fourth-order valence-corrected chi connectivity index (χ4v) is 3.25. The summed E-state index contributed by atoms with van der Waals surface area (Å²) in [7, 11) is 0. The number of nitriles is 1. The molecule has 0 aromatic heterocycles. The molecule has 9 heteroatoms. The van der Waals surface area contributed by atoms with Gasteiger partial charge in [-0.05, 0) is 18.4 Å². The molecule has 1 aliphatic rings. The number of carbonyl (C=O) groups excluding carboxylic acids is 1. The van der Waals surface area contributed by atoms with Crippen molar-refractivity contribution in [2.75, 3.05) is 6.61 Å². The fourth-order valence-electron chi connectivity index (χ4n) is 3.25. The van der Waals surface area contributed by atoms with Gasteiger partial charge >= 0.3 is 11.9 Å². The van der Waals surface area contributed by atoms with Crippen molar-refractivity contribution < 1.29 is 24.4 Å². The number of carboxylic acids is 1. The summed E-state index contributed by atoms with van der Waals surface area (Å²) in [6, 6.07) is 7.31. The average molecular weight is 399 g/mol. The predicted molar refractivity (Wildman–Crippen MR) is 102 cm³/mol. The number of nitrogens with zero attached hydrogens (tertiary/aromatic N) is 2. The van der Waals surface area contributed by atoms with Crippen LogP contribution in [0.5, 0.6) is 0 Å². The van der Waals surface area contributed by atoms with Gasteiger partial charge in [-0.3, -0.25) is 10.1 Å². The molecular weight excluding hydrogens is 378 g/mol. The van der Waals surface area contributed by atoms with Crippen LogP contribution in [0, 0.1) is 21.4 Å². The van der Waals surface area contributed by atoms with Crippen LogP contribution < -0.4 is 5.32 Å². The molecule has 0 aliphatic carbocycles. The Hall–Kier alpha value is -3.67. The van der Waals surface area contributed by atoms with Gasteiger partial charge in [0.1, 0.15) is 6.61 Å². The molecule has 1 aliphatic heterocycles. The summed E-state index contributed by atoms with van der Waals surface area (Å²) >= 11 is 0. The van der Waals surface area contributed by atoms with E-state index in [0.29, 0.717) is 29.8 Å². The van der Waals surface area contributed by atoms with Crippen LogP contribution in [0.15, 0.2) is 46.8 Å². The molecule has 2 N–H and O–H groups in total. The summed E-state index contributed by atoms with van der Waals surface area (Å²) in [5, 5.41) is 32.5. The van der Waals surface area contributed by atoms with Gasteiger partial charge in [0.15, 0.2) is 0 Å². The number of nitrogens with one attached hydrogen (secondary N) is 1.